The van der Waals surface area contributed by atoms with Crippen LogP contribution >= 0.6 is 0 Å². The number of morpholine rings is 1. The summed E-state index contributed by atoms with van der Waals surface area (Å²) in [7, 11) is 1.52. The van der Waals surface area contributed by atoms with Crippen LogP contribution in [0.2, 0.25) is 0 Å². The van der Waals surface area contributed by atoms with Crippen molar-refractivity contribution in [2.24, 2.45) is 0 Å². The Morgan fingerprint density at radius 3 is 2.34 bits per heavy atom. The number of fused-ring (bicyclic) bond motifs is 2. The number of carbonyl (C=O) groups is 4. The van der Waals surface area contributed by atoms with Crippen molar-refractivity contribution in [1.82, 2.24) is 20.9 Å². The van der Waals surface area contributed by atoms with Gasteiger partial charge < -0.3 is 35.3 Å². The summed E-state index contributed by atoms with van der Waals surface area (Å²) in [6, 6.07) is 3.53. The predicted octanol–water partition coefficient (Wildman–Crippen LogP) is 0.925. The van der Waals surface area contributed by atoms with Crippen LogP contribution in [0, 0.1) is 0 Å². The number of epoxide rings is 1. The standard InChI is InChI=1S/C32H44N4O8/c1-19(33-26(37)15-36-22-10-11-23(36)17-43-16-22)30(40)35-27(28(38)21-8-12-24(42-3)13-9-21)31(41)34-25(14-20-6-4-5-7-20)29(39)32(2)18-44-32/h6,8-9,12-13,19,22-23,25,27-28,38H,4-5,7,10-11,14-18H2,1-3H3,(H,33,37)(H,34,41)(H,35,40)/t19-,22-,23+,25-,27-,28+,32+/m0/s1. The molecule has 44 heavy (non-hydrogen) atoms. The van der Waals surface area contributed by atoms with Crippen molar-refractivity contribution in [2.45, 2.75) is 94.3 Å². The Bertz CT molecular complexity index is 1250. The summed E-state index contributed by atoms with van der Waals surface area (Å²) in [5.41, 5.74) is 0.474. The molecular formula is C32H44N4O8. The van der Waals surface area contributed by atoms with E-state index in [-0.39, 0.29) is 36.9 Å². The van der Waals surface area contributed by atoms with Crippen molar-refractivity contribution < 1.29 is 38.5 Å². The monoisotopic (exact) mass is 612 g/mol. The van der Waals surface area contributed by atoms with E-state index in [1.165, 1.54) is 14.0 Å². The molecule has 4 N–H and O–H groups in total. The largest absolute Gasteiger partial charge is 0.497 e. The van der Waals surface area contributed by atoms with E-state index in [9.17, 15) is 24.3 Å². The topological polar surface area (TPSA) is 159 Å². The molecule has 12 heteroatoms. The van der Waals surface area contributed by atoms with Gasteiger partial charge in [0.05, 0.1) is 39.5 Å². The fourth-order valence-electron chi connectivity index (χ4n) is 6.32. The molecule has 0 saturated carbocycles. The smallest absolute Gasteiger partial charge is 0.246 e. The van der Waals surface area contributed by atoms with Gasteiger partial charge in [0.1, 0.15) is 29.5 Å². The van der Waals surface area contributed by atoms with Crippen molar-refractivity contribution in [3.63, 3.8) is 0 Å². The third-order valence-electron chi connectivity index (χ3n) is 9.17. The van der Waals surface area contributed by atoms with E-state index in [0.29, 0.717) is 30.9 Å². The highest BCUT2D eigenvalue weighted by Gasteiger charge is 2.50. The van der Waals surface area contributed by atoms with Gasteiger partial charge in [-0.05, 0) is 70.1 Å². The van der Waals surface area contributed by atoms with Gasteiger partial charge in [0.2, 0.25) is 17.7 Å². The average Bonchev–Trinajstić information content (AvgIpc) is 3.49. The van der Waals surface area contributed by atoms with Crippen LogP contribution < -0.4 is 20.7 Å². The fourth-order valence-corrected chi connectivity index (χ4v) is 6.32. The summed E-state index contributed by atoms with van der Waals surface area (Å²) in [6.07, 6.45) is 5.66. The lowest BCUT2D eigenvalue weighted by molar-refractivity contribution is -0.136. The van der Waals surface area contributed by atoms with E-state index in [4.69, 9.17) is 14.2 Å². The van der Waals surface area contributed by atoms with Crippen LogP contribution in [0.15, 0.2) is 35.9 Å². The number of nitrogens with one attached hydrogen (secondary N) is 3. The summed E-state index contributed by atoms with van der Waals surface area (Å²) in [6.45, 7) is 4.82. The molecule has 0 spiro atoms. The average molecular weight is 613 g/mol. The number of allylic oxidation sites excluding steroid dienone is 1. The number of carbonyl (C=O) groups excluding carboxylic acids is 4. The second-order valence-electron chi connectivity index (χ2n) is 12.5. The quantitative estimate of drug-likeness (QED) is 0.177. The first-order valence-electron chi connectivity index (χ1n) is 15.5. The second-order valence-corrected chi connectivity index (χ2v) is 12.5. The molecule has 3 aliphatic heterocycles. The lowest BCUT2D eigenvalue weighted by Gasteiger charge is -2.34. The van der Waals surface area contributed by atoms with Crippen LogP contribution in [0.3, 0.4) is 0 Å². The summed E-state index contributed by atoms with van der Waals surface area (Å²) in [5.74, 6) is -1.36. The third-order valence-corrected chi connectivity index (χ3v) is 9.17. The van der Waals surface area contributed by atoms with Crippen LogP contribution in [-0.4, -0.2) is 103 Å². The number of Topliss-reactive ketones (excluding diaryl/α,β-unsaturated/α-hetero) is 1. The van der Waals surface area contributed by atoms with Gasteiger partial charge in [0.25, 0.3) is 0 Å². The van der Waals surface area contributed by atoms with Gasteiger partial charge in [-0.1, -0.05) is 23.8 Å². The van der Waals surface area contributed by atoms with Gasteiger partial charge in [0, 0.05) is 12.1 Å². The first-order valence-corrected chi connectivity index (χ1v) is 15.5. The van der Waals surface area contributed by atoms with E-state index in [1.54, 1.807) is 31.2 Å². The van der Waals surface area contributed by atoms with Crippen molar-refractivity contribution in [3.05, 3.63) is 41.5 Å². The molecular weight excluding hydrogens is 568 g/mol. The van der Waals surface area contributed by atoms with Crippen molar-refractivity contribution in [3.8, 4) is 5.75 Å². The maximum Gasteiger partial charge on any atom is 0.246 e. The third kappa shape index (κ3) is 7.48. The van der Waals surface area contributed by atoms with Gasteiger partial charge in [-0.2, -0.15) is 0 Å². The number of rotatable bonds is 14. The molecule has 0 aromatic heterocycles. The van der Waals surface area contributed by atoms with Crippen LogP contribution in [0.25, 0.3) is 0 Å². The molecule has 3 fully saturated rings. The van der Waals surface area contributed by atoms with E-state index >= 15 is 0 Å². The number of ketones is 1. The molecule has 0 unspecified atom stereocenters. The van der Waals surface area contributed by atoms with E-state index in [0.717, 1.165) is 37.7 Å². The van der Waals surface area contributed by atoms with Crippen LogP contribution in [-0.2, 0) is 28.7 Å². The summed E-state index contributed by atoms with van der Waals surface area (Å²) in [5, 5.41) is 19.5. The number of ether oxygens (including phenoxy) is 3. The molecule has 3 saturated heterocycles. The molecule has 2 bridgehead atoms. The minimum atomic E-state index is -1.45. The Kier molecular flexibility index (Phi) is 10.0. The van der Waals surface area contributed by atoms with Crippen molar-refractivity contribution >= 4 is 23.5 Å². The minimum absolute atomic E-state index is 0.148. The van der Waals surface area contributed by atoms with Crippen molar-refractivity contribution in [2.75, 3.05) is 33.5 Å². The van der Waals surface area contributed by atoms with E-state index in [1.807, 2.05) is 0 Å². The summed E-state index contributed by atoms with van der Waals surface area (Å²) >= 11 is 0. The van der Waals surface area contributed by atoms with Crippen molar-refractivity contribution in [1.29, 1.82) is 0 Å². The number of aliphatic hydroxyl groups excluding tert-OH is 1. The summed E-state index contributed by atoms with van der Waals surface area (Å²) < 4.78 is 16.2. The molecule has 1 aromatic carbocycles. The molecule has 12 nitrogen and oxygen atoms in total. The Morgan fingerprint density at radius 2 is 1.75 bits per heavy atom. The maximum atomic E-state index is 13.8. The normalized spacial score (nSPS) is 27.0. The number of hydrogen-bond acceptors (Lipinski definition) is 9. The van der Waals surface area contributed by atoms with E-state index in [2.05, 4.69) is 26.9 Å². The zero-order chi connectivity index (χ0) is 31.4. The zero-order valence-electron chi connectivity index (χ0n) is 25.7. The van der Waals surface area contributed by atoms with Gasteiger partial charge in [-0.3, -0.25) is 24.1 Å². The molecule has 3 amide bonds. The maximum absolute atomic E-state index is 13.8. The number of amides is 3. The lowest BCUT2D eigenvalue weighted by Crippen LogP contribution is -2.58. The number of benzene rings is 1. The summed E-state index contributed by atoms with van der Waals surface area (Å²) in [4.78, 5) is 55.5. The Hall–Kier alpha value is -3.32. The molecule has 0 radical (unpaired) electrons. The van der Waals surface area contributed by atoms with Gasteiger partial charge in [0.15, 0.2) is 5.78 Å². The molecule has 1 aromatic rings. The Labute approximate surface area is 257 Å². The first kappa shape index (κ1) is 32.1. The first-order chi connectivity index (χ1) is 21.1. The molecule has 1 aliphatic carbocycles. The van der Waals surface area contributed by atoms with Crippen LogP contribution in [0.5, 0.6) is 5.75 Å². The molecule has 5 rings (SSSR count). The molecule has 3 heterocycles. The molecule has 4 aliphatic rings. The highest BCUT2D eigenvalue weighted by molar-refractivity contribution is 5.98. The molecule has 7 atom stereocenters. The van der Waals surface area contributed by atoms with Gasteiger partial charge >= 0.3 is 0 Å². The fraction of sp³-hybridized carbons (Fsp3) is 0.625. The van der Waals surface area contributed by atoms with Crippen LogP contribution in [0.1, 0.15) is 64.0 Å². The predicted molar refractivity (Wildman–Crippen MR) is 160 cm³/mol. The molecule has 240 valence electrons. The van der Waals surface area contributed by atoms with E-state index < -0.39 is 41.6 Å². The highest BCUT2D eigenvalue weighted by Crippen LogP contribution is 2.32. The number of hydrogen-bond donors (Lipinski definition) is 4. The number of nitrogens with zero attached hydrogens (tertiary/aromatic N) is 1. The lowest BCUT2D eigenvalue weighted by atomic mass is 9.93. The minimum Gasteiger partial charge on any atom is -0.497 e. The second kappa shape index (κ2) is 13.8. The SMILES string of the molecule is COc1ccc([C@@H](O)[C@H](NC(=O)[C@H](C)NC(=O)CN2[C@@H]3CC[C@H]2COC3)C(=O)N[C@@H](CC2=CCCC2)C(=O)[C@@]2(C)CO2)cc1. The number of aliphatic hydroxyl groups is 1. The Balaban J connectivity index is 1.29. The van der Waals surface area contributed by atoms with Crippen LogP contribution in [0.4, 0.5) is 0 Å². The van der Waals surface area contributed by atoms with Gasteiger partial charge in [-0.25, -0.2) is 0 Å². The number of methoxy groups -OCH3 is 1. The highest BCUT2D eigenvalue weighted by atomic mass is 16.6. The van der Waals surface area contributed by atoms with Gasteiger partial charge in [-0.15, -0.1) is 0 Å². The Morgan fingerprint density at radius 1 is 1.07 bits per heavy atom. The zero-order valence-corrected chi connectivity index (χ0v) is 25.7.